The van der Waals surface area contributed by atoms with E-state index < -0.39 is 10.0 Å². The zero-order valence-corrected chi connectivity index (χ0v) is 13.3. The second-order valence-corrected chi connectivity index (χ2v) is 8.08. The van der Waals surface area contributed by atoms with Crippen molar-refractivity contribution in [1.29, 1.82) is 0 Å². The summed E-state index contributed by atoms with van der Waals surface area (Å²) in [7, 11) is -3.43. The first-order chi connectivity index (χ1) is 10.1. The minimum absolute atomic E-state index is 0.113. The standard InChI is InChI=1S/C16H23NO3S/c1-2-13-5-8-16(9-14(13)11-18)21(19,20)17(15-6-7-15)10-12-3-4-12/h5,8-9,12,15,18H,2-4,6-7,10-11H2,1H3. The Morgan fingerprint density at radius 2 is 1.90 bits per heavy atom. The van der Waals surface area contributed by atoms with E-state index in [1.807, 2.05) is 13.0 Å². The molecule has 21 heavy (non-hydrogen) atoms. The van der Waals surface area contributed by atoms with Gasteiger partial charge in [0.2, 0.25) is 10.0 Å². The van der Waals surface area contributed by atoms with Gasteiger partial charge in [-0.3, -0.25) is 0 Å². The number of rotatable bonds is 7. The first-order valence-electron chi connectivity index (χ1n) is 7.80. The van der Waals surface area contributed by atoms with Gasteiger partial charge >= 0.3 is 0 Å². The molecule has 2 aliphatic rings. The highest BCUT2D eigenvalue weighted by Crippen LogP contribution is 2.38. The molecule has 0 amide bonds. The average molecular weight is 309 g/mol. The molecular formula is C16H23NO3S. The van der Waals surface area contributed by atoms with Crippen molar-refractivity contribution in [2.24, 2.45) is 5.92 Å². The van der Waals surface area contributed by atoms with Crippen molar-refractivity contribution in [3.63, 3.8) is 0 Å². The van der Waals surface area contributed by atoms with Crippen LogP contribution in [0, 0.1) is 5.92 Å². The SMILES string of the molecule is CCc1ccc(S(=O)(=O)N(CC2CC2)C2CC2)cc1CO. The summed E-state index contributed by atoms with van der Waals surface area (Å²) in [6.45, 7) is 2.56. The van der Waals surface area contributed by atoms with Gasteiger partial charge in [0.15, 0.2) is 0 Å². The molecule has 0 atom stereocenters. The monoisotopic (exact) mass is 309 g/mol. The van der Waals surface area contributed by atoms with Crippen LogP contribution in [0.1, 0.15) is 43.7 Å². The zero-order chi connectivity index (χ0) is 15.0. The summed E-state index contributed by atoms with van der Waals surface area (Å²) in [6.07, 6.45) is 5.05. The lowest BCUT2D eigenvalue weighted by Gasteiger charge is -2.22. The summed E-state index contributed by atoms with van der Waals surface area (Å²) < 4.78 is 27.5. The van der Waals surface area contributed by atoms with Crippen LogP contribution in [-0.4, -0.2) is 30.4 Å². The number of nitrogens with zero attached hydrogens (tertiary/aromatic N) is 1. The molecule has 0 spiro atoms. The molecule has 0 aromatic heterocycles. The first-order valence-corrected chi connectivity index (χ1v) is 9.24. The molecule has 116 valence electrons. The van der Waals surface area contributed by atoms with Crippen molar-refractivity contribution in [2.45, 2.75) is 56.6 Å². The summed E-state index contributed by atoms with van der Waals surface area (Å²) in [5, 5.41) is 9.45. The number of benzene rings is 1. The van der Waals surface area contributed by atoms with Crippen molar-refractivity contribution in [1.82, 2.24) is 4.31 Å². The predicted octanol–water partition coefficient (Wildman–Crippen LogP) is 2.30. The van der Waals surface area contributed by atoms with Gasteiger partial charge in [-0.2, -0.15) is 4.31 Å². The molecule has 1 N–H and O–H groups in total. The van der Waals surface area contributed by atoms with Gasteiger partial charge in [-0.1, -0.05) is 13.0 Å². The Morgan fingerprint density at radius 3 is 2.43 bits per heavy atom. The molecule has 1 aromatic carbocycles. The number of sulfonamides is 1. The van der Waals surface area contributed by atoms with Gasteiger partial charge in [-0.05, 0) is 61.3 Å². The molecule has 0 aliphatic heterocycles. The Kier molecular flexibility index (Phi) is 4.08. The third kappa shape index (κ3) is 3.15. The smallest absolute Gasteiger partial charge is 0.243 e. The zero-order valence-electron chi connectivity index (χ0n) is 12.5. The highest BCUT2D eigenvalue weighted by atomic mass is 32.2. The van der Waals surface area contributed by atoms with Crippen molar-refractivity contribution < 1.29 is 13.5 Å². The van der Waals surface area contributed by atoms with Gasteiger partial charge in [-0.25, -0.2) is 8.42 Å². The maximum atomic E-state index is 12.9. The van der Waals surface area contributed by atoms with Gasteiger partial charge in [0.1, 0.15) is 0 Å². The van der Waals surface area contributed by atoms with E-state index in [0.29, 0.717) is 17.4 Å². The highest BCUT2D eigenvalue weighted by molar-refractivity contribution is 7.89. The summed E-state index contributed by atoms with van der Waals surface area (Å²) in [6, 6.07) is 5.37. The van der Waals surface area contributed by atoms with Crippen LogP contribution in [0.2, 0.25) is 0 Å². The number of aliphatic hydroxyl groups excluding tert-OH is 1. The molecule has 0 radical (unpaired) electrons. The largest absolute Gasteiger partial charge is 0.392 e. The molecule has 0 unspecified atom stereocenters. The van der Waals surface area contributed by atoms with E-state index in [1.54, 1.807) is 16.4 Å². The average Bonchev–Trinajstić information content (AvgIpc) is 3.37. The second kappa shape index (κ2) is 5.71. The molecule has 3 rings (SSSR count). The minimum atomic E-state index is -3.43. The van der Waals surface area contributed by atoms with Crippen LogP contribution in [0.15, 0.2) is 23.1 Å². The van der Waals surface area contributed by atoms with Crippen LogP contribution in [0.3, 0.4) is 0 Å². The van der Waals surface area contributed by atoms with Gasteiger partial charge in [0.05, 0.1) is 11.5 Å². The summed E-state index contributed by atoms with van der Waals surface area (Å²) in [5.41, 5.74) is 1.73. The van der Waals surface area contributed by atoms with Crippen LogP contribution < -0.4 is 0 Å². The van der Waals surface area contributed by atoms with Crippen molar-refractivity contribution >= 4 is 10.0 Å². The maximum Gasteiger partial charge on any atom is 0.243 e. The summed E-state index contributed by atoms with van der Waals surface area (Å²) in [5.74, 6) is 0.549. The lowest BCUT2D eigenvalue weighted by molar-refractivity contribution is 0.280. The Bertz CT molecular complexity index is 618. The van der Waals surface area contributed by atoms with Crippen molar-refractivity contribution in [3.8, 4) is 0 Å². The molecule has 0 saturated heterocycles. The van der Waals surface area contributed by atoms with E-state index in [2.05, 4.69) is 0 Å². The molecule has 5 heteroatoms. The van der Waals surface area contributed by atoms with Crippen LogP contribution in [0.5, 0.6) is 0 Å². The van der Waals surface area contributed by atoms with Crippen LogP contribution >= 0.6 is 0 Å². The number of aryl methyl sites for hydroxylation is 1. The Hall–Kier alpha value is -0.910. The Morgan fingerprint density at radius 1 is 1.19 bits per heavy atom. The molecule has 0 bridgehead atoms. The normalized spacial score (nSPS) is 19.2. The van der Waals surface area contributed by atoms with Crippen molar-refractivity contribution in [2.75, 3.05) is 6.54 Å². The van der Waals surface area contributed by atoms with E-state index in [4.69, 9.17) is 0 Å². The van der Waals surface area contributed by atoms with Crippen LogP contribution in [0.25, 0.3) is 0 Å². The summed E-state index contributed by atoms with van der Waals surface area (Å²) >= 11 is 0. The highest BCUT2D eigenvalue weighted by Gasteiger charge is 2.41. The van der Waals surface area contributed by atoms with Gasteiger partial charge in [0, 0.05) is 12.6 Å². The van der Waals surface area contributed by atoms with Crippen LogP contribution in [-0.2, 0) is 23.1 Å². The van der Waals surface area contributed by atoms with Gasteiger partial charge < -0.3 is 5.11 Å². The number of hydrogen-bond acceptors (Lipinski definition) is 3. The fourth-order valence-electron chi connectivity index (χ4n) is 2.75. The van der Waals surface area contributed by atoms with Gasteiger partial charge in [-0.15, -0.1) is 0 Å². The van der Waals surface area contributed by atoms with Gasteiger partial charge in [0.25, 0.3) is 0 Å². The lowest BCUT2D eigenvalue weighted by Crippen LogP contribution is -2.35. The molecule has 2 saturated carbocycles. The molecule has 4 nitrogen and oxygen atoms in total. The third-order valence-electron chi connectivity index (χ3n) is 4.42. The van der Waals surface area contributed by atoms with Crippen molar-refractivity contribution in [3.05, 3.63) is 29.3 Å². The molecule has 2 fully saturated rings. The topological polar surface area (TPSA) is 57.6 Å². The van der Waals surface area contributed by atoms with E-state index in [9.17, 15) is 13.5 Å². The quantitative estimate of drug-likeness (QED) is 0.841. The molecule has 2 aliphatic carbocycles. The second-order valence-electron chi connectivity index (χ2n) is 6.19. The van der Waals surface area contributed by atoms with E-state index >= 15 is 0 Å². The number of aliphatic hydroxyl groups is 1. The molecular weight excluding hydrogens is 286 g/mol. The Labute approximate surface area is 126 Å². The predicted molar refractivity (Wildman–Crippen MR) is 81.4 cm³/mol. The fourth-order valence-corrected chi connectivity index (χ4v) is 4.56. The van der Waals surface area contributed by atoms with E-state index in [0.717, 1.165) is 43.2 Å². The first kappa shape index (κ1) is 15.0. The fraction of sp³-hybridized carbons (Fsp3) is 0.625. The van der Waals surface area contributed by atoms with Crippen LogP contribution in [0.4, 0.5) is 0 Å². The maximum absolute atomic E-state index is 12.9. The summed E-state index contributed by atoms with van der Waals surface area (Å²) in [4.78, 5) is 0.330. The third-order valence-corrected chi connectivity index (χ3v) is 6.34. The molecule has 0 heterocycles. The van der Waals surface area contributed by atoms with E-state index in [1.165, 1.54) is 0 Å². The lowest BCUT2D eigenvalue weighted by atomic mass is 10.1. The minimum Gasteiger partial charge on any atom is -0.392 e. The Balaban J connectivity index is 1.92. The molecule has 1 aromatic rings. The number of hydrogen-bond donors (Lipinski definition) is 1. The van der Waals surface area contributed by atoms with E-state index in [-0.39, 0.29) is 12.6 Å².